The topological polar surface area (TPSA) is 90.0 Å². The number of carboxylic acids is 1. The molecule has 18 heavy (non-hydrogen) atoms. The summed E-state index contributed by atoms with van der Waals surface area (Å²) >= 11 is 0. The Kier molecular flexibility index (Phi) is 5.41. The van der Waals surface area contributed by atoms with Gasteiger partial charge in [-0.05, 0) is 19.8 Å². The number of carboxylic acid groups (broad SMARTS) is 1. The van der Waals surface area contributed by atoms with Crippen molar-refractivity contribution in [1.82, 2.24) is 15.1 Å². The first kappa shape index (κ1) is 14.3. The Morgan fingerprint density at radius 1 is 1.28 bits per heavy atom. The quantitative estimate of drug-likeness (QED) is 0.709. The second-order valence-electron chi connectivity index (χ2n) is 4.15. The number of amides is 3. The van der Waals surface area contributed by atoms with E-state index in [2.05, 4.69) is 5.32 Å². The lowest BCUT2D eigenvalue weighted by Crippen LogP contribution is -2.46. The van der Waals surface area contributed by atoms with Crippen molar-refractivity contribution in [3.05, 3.63) is 0 Å². The molecule has 0 saturated carbocycles. The van der Waals surface area contributed by atoms with Gasteiger partial charge in [-0.1, -0.05) is 0 Å². The van der Waals surface area contributed by atoms with Crippen molar-refractivity contribution in [1.29, 1.82) is 0 Å². The van der Waals surface area contributed by atoms with Crippen molar-refractivity contribution < 1.29 is 19.5 Å². The van der Waals surface area contributed by atoms with E-state index in [-0.39, 0.29) is 25.5 Å². The van der Waals surface area contributed by atoms with E-state index < -0.39 is 12.0 Å². The van der Waals surface area contributed by atoms with Crippen LogP contribution in [0.25, 0.3) is 0 Å². The molecular weight excluding hydrogens is 238 g/mol. The summed E-state index contributed by atoms with van der Waals surface area (Å²) in [5, 5.41) is 11.1. The number of carbonyl (C=O) groups is 3. The molecule has 1 heterocycles. The first-order chi connectivity index (χ1) is 8.54. The molecule has 3 amide bonds. The minimum atomic E-state index is -1.07. The van der Waals surface area contributed by atoms with Crippen molar-refractivity contribution in [2.75, 3.05) is 32.7 Å². The van der Waals surface area contributed by atoms with Crippen LogP contribution in [0.5, 0.6) is 0 Å². The van der Waals surface area contributed by atoms with Crippen LogP contribution < -0.4 is 5.32 Å². The predicted octanol–water partition coefficient (Wildman–Crippen LogP) is -0.275. The maximum atomic E-state index is 11.7. The lowest BCUT2D eigenvalue weighted by atomic mass is 10.4. The highest BCUT2D eigenvalue weighted by Gasteiger charge is 2.20. The highest BCUT2D eigenvalue weighted by Crippen LogP contribution is 2.06. The summed E-state index contributed by atoms with van der Waals surface area (Å²) in [6.07, 6.45) is 2.00. The minimum absolute atomic E-state index is 0.0745. The largest absolute Gasteiger partial charge is 0.480 e. The van der Waals surface area contributed by atoms with Crippen molar-refractivity contribution in [3.8, 4) is 0 Å². The summed E-state index contributed by atoms with van der Waals surface area (Å²) in [6.45, 7) is 3.01. The molecule has 0 radical (unpaired) electrons. The van der Waals surface area contributed by atoms with E-state index in [4.69, 9.17) is 5.11 Å². The summed E-state index contributed by atoms with van der Waals surface area (Å²) in [7, 11) is 0. The van der Waals surface area contributed by atoms with Crippen LogP contribution in [0, 0.1) is 0 Å². The monoisotopic (exact) mass is 257 g/mol. The number of hydrogen-bond acceptors (Lipinski definition) is 3. The van der Waals surface area contributed by atoms with E-state index in [1.54, 1.807) is 11.8 Å². The maximum Gasteiger partial charge on any atom is 0.323 e. The zero-order valence-corrected chi connectivity index (χ0v) is 10.5. The predicted molar refractivity (Wildman–Crippen MR) is 64.1 cm³/mol. The molecule has 7 heteroatoms. The number of nitrogens with zero attached hydrogens (tertiary/aromatic N) is 2. The lowest BCUT2D eigenvalue weighted by Gasteiger charge is -2.20. The molecule has 1 saturated heterocycles. The highest BCUT2D eigenvalue weighted by atomic mass is 16.4. The standard InChI is InChI=1S/C11H19N3O4/c1-2-13(8-10(16)17)11(18)12-7-9(15)14-5-3-4-6-14/h2-8H2,1H3,(H,12,18)(H,16,17). The molecule has 1 aliphatic rings. The third-order valence-electron chi connectivity index (χ3n) is 2.84. The van der Waals surface area contributed by atoms with Gasteiger partial charge in [-0.25, -0.2) is 4.79 Å². The number of hydrogen-bond donors (Lipinski definition) is 2. The SMILES string of the molecule is CCN(CC(=O)O)C(=O)NCC(=O)N1CCCC1. The molecule has 1 fully saturated rings. The Morgan fingerprint density at radius 3 is 2.39 bits per heavy atom. The molecule has 7 nitrogen and oxygen atoms in total. The van der Waals surface area contributed by atoms with Crippen LogP contribution in [-0.2, 0) is 9.59 Å². The van der Waals surface area contributed by atoms with Gasteiger partial charge in [-0.2, -0.15) is 0 Å². The molecule has 0 spiro atoms. The summed E-state index contributed by atoms with van der Waals surface area (Å²) in [4.78, 5) is 36.6. The van der Waals surface area contributed by atoms with Gasteiger partial charge in [0.1, 0.15) is 6.54 Å². The Morgan fingerprint density at radius 2 is 1.89 bits per heavy atom. The third kappa shape index (κ3) is 4.23. The van der Waals surface area contributed by atoms with Gasteiger partial charge in [0.15, 0.2) is 0 Å². The van der Waals surface area contributed by atoms with Crippen LogP contribution in [0.2, 0.25) is 0 Å². The zero-order chi connectivity index (χ0) is 13.5. The molecule has 0 aromatic rings. The van der Waals surface area contributed by atoms with E-state index >= 15 is 0 Å². The molecule has 0 aliphatic carbocycles. The Hall–Kier alpha value is -1.79. The van der Waals surface area contributed by atoms with Crippen LogP contribution in [0.1, 0.15) is 19.8 Å². The van der Waals surface area contributed by atoms with Gasteiger partial charge >= 0.3 is 12.0 Å². The molecule has 2 N–H and O–H groups in total. The number of likely N-dealkylation sites (N-methyl/N-ethyl adjacent to an activating group) is 1. The Balaban J connectivity index is 2.34. The van der Waals surface area contributed by atoms with Crippen LogP contribution in [0.4, 0.5) is 4.79 Å². The molecule has 0 aromatic carbocycles. The zero-order valence-electron chi connectivity index (χ0n) is 10.5. The summed E-state index contributed by atoms with van der Waals surface area (Å²) in [5.41, 5.74) is 0. The van der Waals surface area contributed by atoms with Gasteiger partial charge in [-0.3, -0.25) is 9.59 Å². The fourth-order valence-corrected chi connectivity index (χ4v) is 1.83. The van der Waals surface area contributed by atoms with Gasteiger partial charge in [-0.15, -0.1) is 0 Å². The second-order valence-corrected chi connectivity index (χ2v) is 4.15. The number of aliphatic carboxylic acids is 1. The number of carbonyl (C=O) groups excluding carboxylic acids is 2. The first-order valence-corrected chi connectivity index (χ1v) is 6.07. The number of rotatable bonds is 5. The molecule has 102 valence electrons. The van der Waals surface area contributed by atoms with Crippen molar-refractivity contribution >= 4 is 17.9 Å². The normalized spacial score (nSPS) is 14.4. The summed E-state index contributed by atoms with van der Waals surface area (Å²) < 4.78 is 0. The van der Waals surface area contributed by atoms with E-state index in [9.17, 15) is 14.4 Å². The minimum Gasteiger partial charge on any atom is -0.480 e. The molecule has 0 aromatic heterocycles. The van der Waals surface area contributed by atoms with E-state index in [1.165, 1.54) is 0 Å². The van der Waals surface area contributed by atoms with Gasteiger partial charge < -0.3 is 20.2 Å². The van der Waals surface area contributed by atoms with E-state index in [0.29, 0.717) is 0 Å². The Labute approximate surface area is 106 Å². The van der Waals surface area contributed by atoms with Crippen LogP contribution in [0.15, 0.2) is 0 Å². The average Bonchev–Trinajstić information content (AvgIpc) is 2.86. The first-order valence-electron chi connectivity index (χ1n) is 6.07. The molecule has 1 rings (SSSR count). The van der Waals surface area contributed by atoms with Crippen molar-refractivity contribution in [2.24, 2.45) is 0 Å². The molecule has 0 bridgehead atoms. The third-order valence-corrected chi connectivity index (χ3v) is 2.84. The summed E-state index contributed by atoms with van der Waals surface area (Å²) in [5.74, 6) is -1.19. The van der Waals surface area contributed by atoms with Gasteiger partial charge in [0.25, 0.3) is 0 Å². The molecular formula is C11H19N3O4. The van der Waals surface area contributed by atoms with Crippen molar-refractivity contribution in [3.63, 3.8) is 0 Å². The number of nitrogens with one attached hydrogen (secondary N) is 1. The smallest absolute Gasteiger partial charge is 0.323 e. The average molecular weight is 257 g/mol. The fraction of sp³-hybridized carbons (Fsp3) is 0.727. The fourth-order valence-electron chi connectivity index (χ4n) is 1.83. The second kappa shape index (κ2) is 6.83. The highest BCUT2D eigenvalue weighted by molar-refractivity contribution is 5.85. The molecule has 1 aliphatic heterocycles. The van der Waals surface area contributed by atoms with E-state index in [1.807, 2.05) is 0 Å². The van der Waals surface area contributed by atoms with Gasteiger partial charge in [0.05, 0.1) is 6.54 Å². The summed E-state index contributed by atoms with van der Waals surface area (Å²) in [6, 6.07) is -0.521. The lowest BCUT2D eigenvalue weighted by molar-refractivity contribution is -0.137. The number of likely N-dealkylation sites (tertiary alicyclic amines) is 1. The Bertz CT molecular complexity index is 326. The van der Waals surface area contributed by atoms with Crippen molar-refractivity contribution in [2.45, 2.75) is 19.8 Å². The van der Waals surface area contributed by atoms with Crippen LogP contribution >= 0.6 is 0 Å². The van der Waals surface area contributed by atoms with E-state index in [0.717, 1.165) is 30.8 Å². The molecule has 0 unspecified atom stereocenters. The van der Waals surface area contributed by atoms with Gasteiger partial charge in [0.2, 0.25) is 5.91 Å². The van der Waals surface area contributed by atoms with Crippen LogP contribution in [0.3, 0.4) is 0 Å². The van der Waals surface area contributed by atoms with Crippen LogP contribution in [-0.4, -0.2) is 65.5 Å². The molecule has 0 atom stereocenters. The maximum absolute atomic E-state index is 11.7. The number of urea groups is 1. The van der Waals surface area contributed by atoms with Gasteiger partial charge in [0, 0.05) is 19.6 Å².